The molecule has 0 spiro atoms. The van der Waals surface area contributed by atoms with Gasteiger partial charge in [-0.25, -0.2) is 0 Å². The third-order valence-corrected chi connectivity index (χ3v) is 2.88. The first-order valence-electron chi connectivity index (χ1n) is 3.82. The van der Waals surface area contributed by atoms with Crippen LogP contribution in [0, 0.1) is 6.08 Å². The molecule has 1 rings (SSSR count). The monoisotopic (exact) mass is 275 g/mol. The van der Waals surface area contributed by atoms with Crippen LogP contribution in [0.5, 0.6) is 0 Å². The highest BCUT2D eigenvalue weighted by Crippen LogP contribution is 2.20. The van der Waals surface area contributed by atoms with E-state index in [2.05, 4.69) is 22.0 Å². The first-order chi connectivity index (χ1) is 6.33. The fourth-order valence-electron chi connectivity index (χ4n) is 0.782. The van der Waals surface area contributed by atoms with E-state index in [1.807, 2.05) is 30.3 Å². The molecule has 3 heteroatoms. The van der Waals surface area contributed by atoms with Gasteiger partial charge in [0.05, 0.1) is 0 Å². The van der Waals surface area contributed by atoms with Gasteiger partial charge < -0.3 is 0 Å². The lowest BCUT2D eigenvalue weighted by atomic mass is 10.4. The van der Waals surface area contributed by atoms with E-state index in [4.69, 9.17) is 11.6 Å². The van der Waals surface area contributed by atoms with Crippen LogP contribution in [0.1, 0.15) is 0 Å². The summed E-state index contributed by atoms with van der Waals surface area (Å²) in [6.07, 6.45) is 5.10. The maximum absolute atomic E-state index is 5.76. The Bertz CT molecular complexity index is 269. The van der Waals surface area contributed by atoms with Gasteiger partial charge in [0.2, 0.25) is 0 Å². The Labute approximate surface area is 96.5 Å². The molecule has 0 aromatic heterocycles. The molecule has 69 valence electrons. The van der Waals surface area contributed by atoms with Gasteiger partial charge in [-0.2, -0.15) is 0 Å². The van der Waals surface area contributed by atoms with Gasteiger partial charge in [0, 0.05) is 21.0 Å². The highest BCUT2D eigenvalue weighted by molar-refractivity contribution is 9.09. The second-order valence-corrected chi connectivity index (χ2v) is 4.40. The van der Waals surface area contributed by atoms with E-state index in [-0.39, 0.29) is 0 Å². The molecule has 0 nitrogen and oxygen atoms in total. The van der Waals surface area contributed by atoms with E-state index >= 15 is 0 Å². The molecule has 0 heterocycles. The summed E-state index contributed by atoms with van der Waals surface area (Å²) in [5, 5.41) is 1.58. The SMILES string of the molecule is Clc1ccc(SCC=[C]CBr)cc1. The third-order valence-electron chi connectivity index (χ3n) is 1.37. The lowest BCUT2D eigenvalue weighted by molar-refractivity contribution is 1.46. The first-order valence-corrected chi connectivity index (χ1v) is 6.31. The number of hydrogen-bond acceptors (Lipinski definition) is 1. The summed E-state index contributed by atoms with van der Waals surface area (Å²) in [6, 6.07) is 7.85. The molecule has 0 aliphatic heterocycles. The molecule has 0 atom stereocenters. The van der Waals surface area contributed by atoms with Crippen LogP contribution < -0.4 is 0 Å². The molecule has 0 unspecified atom stereocenters. The Morgan fingerprint density at radius 1 is 1.38 bits per heavy atom. The van der Waals surface area contributed by atoms with Gasteiger partial charge in [-0.05, 0) is 30.3 Å². The number of alkyl halides is 1. The molecule has 0 saturated heterocycles. The van der Waals surface area contributed by atoms with E-state index in [1.54, 1.807) is 11.8 Å². The Morgan fingerprint density at radius 3 is 2.69 bits per heavy atom. The Kier molecular flexibility index (Phi) is 5.60. The van der Waals surface area contributed by atoms with E-state index in [1.165, 1.54) is 4.90 Å². The predicted molar refractivity (Wildman–Crippen MR) is 63.8 cm³/mol. The second kappa shape index (κ2) is 6.52. The van der Waals surface area contributed by atoms with Gasteiger partial charge in [0.1, 0.15) is 0 Å². The van der Waals surface area contributed by atoms with Gasteiger partial charge in [-0.3, -0.25) is 0 Å². The topological polar surface area (TPSA) is 0 Å². The molecule has 13 heavy (non-hydrogen) atoms. The minimum absolute atomic E-state index is 0.784. The minimum Gasteiger partial charge on any atom is -0.122 e. The fourth-order valence-corrected chi connectivity index (χ4v) is 1.86. The molecule has 0 saturated carbocycles. The van der Waals surface area contributed by atoms with Crippen LogP contribution in [0.15, 0.2) is 35.2 Å². The largest absolute Gasteiger partial charge is 0.122 e. The summed E-state index contributed by atoms with van der Waals surface area (Å²) in [5.41, 5.74) is 0. The Morgan fingerprint density at radius 2 is 2.08 bits per heavy atom. The first kappa shape index (κ1) is 11.2. The van der Waals surface area contributed by atoms with Gasteiger partial charge in [0.25, 0.3) is 0 Å². The van der Waals surface area contributed by atoms with E-state index in [0.717, 1.165) is 16.1 Å². The van der Waals surface area contributed by atoms with Crippen molar-refractivity contribution >= 4 is 39.3 Å². The number of halogens is 2. The van der Waals surface area contributed by atoms with Gasteiger partial charge in [0.15, 0.2) is 0 Å². The molecule has 0 amide bonds. The van der Waals surface area contributed by atoms with E-state index in [0.29, 0.717) is 0 Å². The molecule has 1 radical (unpaired) electrons. The Hall–Kier alpha value is 0.0800. The van der Waals surface area contributed by atoms with E-state index in [9.17, 15) is 0 Å². The highest BCUT2D eigenvalue weighted by Gasteiger charge is 1.91. The zero-order valence-corrected chi connectivity index (χ0v) is 10.1. The lowest BCUT2D eigenvalue weighted by Crippen LogP contribution is -1.74. The maximum atomic E-state index is 5.76. The molecule has 0 bridgehead atoms. The van der Waals surface area contributed by atoms with Crippen molar-refractivity contribution in [1.29, 1.82) is 0 Å². The molecule has 1 aromatic carbocycles. The van der Waals surface area contributed by atoms with Crippen LogP contribution in [0.3, 0.4) is 0 Å². The normalized spacial score (nSPS) is 10.9. The average molecular weight is 277 g/mol. The molecular formula is C10H9BrClS. The number of hydrogen-bond donors (Lipinski definition) is 0. The minimum atomic E-state index is 0.784. The van der Waals surface area contributed by atoms with E-state index < -0.39 is 0 Å². The van der Waals surface area contributed by atoms with Crippen LogP contribution in [0.2, 0.25) is 5.02 Å². The number of benzene rings is 1. The molecule has 0 fully saturated rings. The summed E-state index contributed by atoms with van der Waals surface area (Å²) in [4.78, 5) is 1.23. The molecule has 1 aromatic rings. The molecular weight excluding hydrogens is 268 g/mol. The molecule has 0 aliphatic carbocycles. The van der Waals surface area contributed by atoms with Crippen LogP contribution in [0.25, 0.3) is 0 Å². The summed E-state index contributed by atoms with van der Waals surface area (Å²) in [6.45, 7) is 0. The quantitative estimate of drug-likeness (QED) is 0.587. The second-order valence-electron chi connectivity index (χ2n) is 2.31. The highest BCUT2D eigenvalue weighted by atomic mass is 79.9. The third kappa shape index (κ3) is 4.75. The summed E-state index contributed by atoms with van der Waals surface area (Å²) in [7, 11) is 0. The van der Waals surface area contributed by atoms with Crippen LogP contribution >= 0.6 is 39.3 Å². The van der Waals surface area contributed by atoms with Gasteiger partial charge >= 0.3 is 0 Å². The smallest absolute Gasteiger partial charge is 0.0406 e. The van der Waals surface area contributed by atoms with Gasteiger partial charge in [-0.1, -0.05) is 33.6 Å². The zero-order chi connectivity index (χ0) is 9.52. The summed E-state index contributed by atoms with van der Waals surface area (Å²) < 4.78 is 0. The standard InChI is InChI=1S/C10H9BrClS/c11-7-1-2-8-13-10-5-3-9(12)4-6-10/h2-6H,7-8H2. The van der Waals surface area contributed by atoms with Crippen molar-refractivity contribution in [2.24, 2.45) is 0 Å². The van der Waals surface area contributed by atoms with Crippen molar-refractivity contribution in [1.82, 2.24) is 0 Å². The lowest BCUT2D eigenvalue weighted by Gasteiger charge is -1.97. The summed E-state index contributed by atoms with van der Waals surface area (Å²) >= 11 is 10.8. The van der Waals surface area contributed by atoms with Crippen LogP contribution in [0.4, 0.5) is 0 Å². The Balaban J connectivity index is 2.37. The van der Waals surface area contributed by atoms with Crippen molar-refractivity contribution in [2.45, 2.75) is 4.90 Å². The van der Waals surface area contributed by atoms with Crippen molar-refractivity contribution in [3.63, 3.8) is 0 Å². The predicted octanol–water partition coefficient (Wildman–Crippen LogP) is 4.19. The van der Waals surface area contributed by atoms with Crippen molar-refractivity contribution in [3.8, 4) is 0 Å². The van der Waals surface area contributed by atoms with Crippen LogP contribution in [-0.4, -0.2) is 11.1 Å². The molecule has 0 aliphatic rings. The number of thioether (sulfide) groups is 1. The van der Waals surface area contributed by atoms with Crippen molar-refractivity contribution in [2.75, 3.05) is 11.1 Å². The maximum Gasteiger partial charge on any atom is 0.0406 e. The van der Waals surface area contributed by atoms with Crippen LogP contribution in [-0.2, 0) is 0 Å². The fraction of sp³-hybridized carbons (Fsp3) is 0.200. The zero-order valence-electron chi connectivity index (χ0n) is 6.97. The number of allylic oxidation sites excluding steroid dienone is 1. The summed E-state index contributed by atoms with van der Waals surface area (Å²) in [5.74, 6) is 0.952. The molecule has 0 N–H and O–H groups in total. The number of rotatable bonds is 4. The van der Waals surface area contributed by atoms with Crippen molar-refractivity contribution < 1.29 is 0 Å². The van der Waals surface area contributed by atoms with Gasteiger partial charge in [-0.15, -0.1) is 11.8 Å². The van der Waals surface area contributed by atoms with Crippen molar-refractivity contribution in [3.05, 3.63) is 41.4 Å². The average Bonchev–Trinajstić information content (AvgIpc) is 2.15.